The summed E-state index contributed by atoms with van der Waals surface area (Å²) < 4.78 is 19.0. The minimum absolute atomic E-state index is 0.00290. The molecule has 2 aromatic rings. The molecule has 30 heavy (non-hydrogen) atoms. The number of ketones is 1. The van der Waals surface area contributed by atoms with Crippen molar-refractivity contribution in [1.82, 2.24) is 9.88 Å². The zero-order chi connectivity index (χ0) is 22.0. The predicted octanol–water partition coefficient (Wildman–Crippen LogP) is 4.29. The third-order valence-corrected chi connectivity index (χ3v) is 5.91. The first-order valence-electron chi connectivity index (χ1n) is 9.80. The highest BCUT2D eigenvalue weighted by Gasteiger charge is 2.44. The van der Waals surface area contributed by atoms with E-state index in [1.165, 1.54) is 40.5 Å². The summed E-state index contributed by atoms with van der Waals surface area (Å²) in [6.45, 7) is 8.08. The lowest BCUT2D eigenvalue weighted by Crippen LogP contribution is -2.32. The molecule has 1 aliphatic heterocycles. The molecular weight excluding hydrogens is 407 g/mol. The van der Waals surface area contributed by atoms with Crippen LogP contribution in [0.25, 0.3) is 0 Å². The molecule has 1 N–H and O–H groups in total. The molecule has 0 radical (unpaired) electrons. The largest absolute Gasteiger partial charge is 0.503 e. The Balaban J connectivity index is 1.97. The molecule has 3 rings (SSSR count). The quantitative estimate of drug-likeness (QED) is 0.497. The number of Topliss-reactive ketones (excluding diaryl/α,β-unsaturated/α-hetero) is 1. The van der Waals surface area contributed by atoms with Gasteiger partial charge in [0.25, 0.3) is 5.91 Å². The highest BCUT2D eigenvalue weighted by Crippen LogP contribution is 2.40. The van der Waals surface area contributed by atoms with Gasteiger partial charge < -0.3 is 14.7 Å². The number of amides is 1. The van der Waals surface area contributed by atoms with E-state index in [4.69, 9.17) is 4.74 Å². The number of ether oxygens (including phenoxy) is 1. The SMILES string of the molecule is Cc1nc(C)c(C(=O)C2=C(O)C(=O)N(CCCOC(C)C)C2c2ccc(F)cc2)s1. The van der Waals surface area contributed by atoms with E-state index >= 15 is 0 Å². The number of hydrogen-bond donors (Lipinski definition) is 1. The molecule has 6 nitrogen and oxygen atoms in total. The minimum atomic E-state index is -0.800. The van der Waals surface area contributed by atoms with E-state index in [1.54, 1.807) is 13.8 Å². The molecule has 0 aliphatic carbocycles. The van der Waals surface area contributed by atoms with Gasteiger partial charge in [0.1, 0.15) is 5.82 Å². The fourth-order valence-corrected chi connectivity index (χ4v) is 4.40. The van der Waals surface area contributed by atoms with Gasteiger partial charge >= 0.3 is 0 Å². The number of hydrogen-bond acceptors (Lipinski definition) is 6. The van der Waals surface area contributed by atoms with Crippen molar-refractivity contribution in [3.05, 3.63) is 62.6 Å². The zero-order valence-corrected chi connectivity index (χ0v) is 18.3. The first-order valence-corrected chi connectivity index (χ1v) is 10.6. The number of benzene rings is 1. The Bertz CT molecular complexity index is 982. The van der Waals surface area contributed by atoms with Gasteiger partial charge in [0.2, 0.25) is 5.78 Å². The number of halogens is 1. The average Bonchev–Trinajstić information content (AvgIpc) is 3.15. The van der Waals surface area contributed by atoms with E-state index in [1.807, 2.05) is 13.8 Å². The molecular formula is C22H25FN2O4S. The summed E-state index contributed by atoms with van der Waals surface area (Å²) >= 11 is 1.22. The summed E-state index contributed by atoms with van der Waals surface area (Å²) in [5, 5.41) is 11.4. The Morgan fingerprint density at radius 3 is 2.53 bits per heavy atom. The van der Waals surface area contributed by atoms with E-state index < -0.39 is 29.3 Å². The van der Waals surface area contributed by atoms with Crippen molar-refractivity contribution in [3.63, 3.8) is 0 Å². The molecule has 8 heteroatoms. The van der Waals surface area contributed by atoms with E-state index in [0.29, 0.717) is 29.2 Å². The van der Waals surface area contributed by atoms with Crippen LogP contribution in [-0.2, 0) is 9.53 Å². The Hall–Kier alpha value is -2.58. The van der Waals surface area contributed by atoms with Crippen LogP contribution in [0.4, 0.5) is 4.39 Å². The van der Waals surface area contributed by atoms with Crippen LogP contribution in [0.5, 0.6) is 0 Å². The second kappa shape index (κ2) is 9.06. The molecule has 1 atom stereocenters. The number of carbonyl (C=O) groups is 2. The maximum absolute atomic E-state index is 13.5. The van der Waals surface area contributed by atoms with Crippen LogP contribution in [0.1, 0.15) is 52.2 Å². The molecule has 1 unspecified atom stereocenters. The predicted molar refractivity (Wildman–Crippen MR) is 112 cm³/mol. The van der Waals surface area contributed by atoms with Gasteiger partial charge in [-0.25, -0.2) is 9.37 Å². The summed E-state index contributed by atoms with van der Waals surface area (Å²) in [5.74, 6) is -2.03. The minimum Gasteiger partial charge on any atom is -0.503 e. The standard InChI is InChI=1S/C22H25FN2O4S/c1-12(2)29-11-5-10-25-18(15-6-8-16(23)9-7-15)17(20(27)22(25)28)19(26)21-13(3)24-14(4)30-21/h6-9,12,18,27H,5,10-11H2,1-4H3. The lowest BCUT2D eigenvalue weighted by atomic mass is 9.95. The Morgan fingerprint density at radius 2 is 1.97 bits per heavy atom. The summed E-state index contributed by atoms with van der Waals surface area (Å²) in [6.07, 6.45) is 0.600. The second-order valence-corrected chi connectivity index (χ2v) is 8.67. The number of thiazole rings is 1. The first kappa shape index (κ1) is 22.1. The molecule has 0 fully saturated rings. The third kappa shape index (κ3) is 4.44. The van der Waals surface area contributed by atoms with Gasteiger partial charge in [-0.1, -0.05) is 12.1 Å². The number of aliphatic hydroxyl groups is 1. The molecule has 1 aromatic carbocycles. The van der Waals surface area contributed by atoms with Gasteiger partial charge in [-0.05, 0) is 51.8 Å². The Kier molecular flexibility index (Phi) is 6.67. The van der Waals surface area contributed by atoms with Crippen molar-refractivity contribution in [2.75, 3.05) is 13.2 Å². The Morgan fingerprint density at radius 1 is 1.30 bits per heavy atom. The maximum atomic E-state index is 13.5. The number of aryl methyl sites for hydroxylation is 2. The molecule has 0 spiro atoms. The van der Waals surface area contributed by atoms with E-state index in [9.17, 15) is 19.1 Å². The van der Waals surface area contributed by atoms with Crippen LogP contribution in [0.2, 0.25) is 0 Å². The van der Waals surface area contributed by atoms with Crippen LogP contribution >= 0.6 is 11.3 Å². The lowest BCUT2D eigenvalue weighted by Gasteiger charge is -2.27. The Labute approximate surface area is 179 Å². The van der Waals surface area contributed by atoms with Crippen molar-refractivity contribution >= 4 is 23.0 Å². The summed E-state index contributed by atoms with van der Waals surface area (Å²) in [6, 6.07) is 4.81. The lowest BCUT2D eigenvalue weighted by molar-refractivity contribution is -0.129. The molecule has 1 amide bonds. The second-order valence-electron chi connectivity index (χ2n) is 7.46. The van der Waals surface area contributed by atoms with Gasteiger partial charge in [-0.15, -0.1) is 11.3 Å². The number of aromatic nitrogens is 1. The summed E-state index contributed by atoms with van der Waals surface area (Å²) in [7, 11) is 0. The van der Waals surface area contributed by atoms with Crippen molar-refractivity contribution in [2.45, 2.75) is 46.3 Å². The van der Waals surface area contributed by atoms with Crippen LogP contribution in [0.3, 0.4) is 0 Å². The van der Waals surface area contributed by atoms with Crippen molar-refractivity contribution in [2.24, 2.45) is 0 Å². The van der Waals surface area contributed by atoms with Crippen molar-refractivity contribution < 1.29 is 23.8 Å². The van der Waals surface area contributed by atoms with Gasteiger partial charge in [0, 0.05) is 13.2 Å². The highest BCUT2D eigenvalue weighted by molar-refractivity contribution is 7.14. The average molecular weight is 433 g/mol. The molecule has 1 aliphatic rings. The number of rotatable bonds is 8. The number of aliphatic hydroxyl groups excluding tert-OH is 1. The van der Waals surface area contributed by atoms with E-state index in [2.05, 4.69) is 4.98 Å². The van der Waals surface area contributed by atoms with Gasteiger partial charge in [0.15, 0.2) is 5.76 Å². The van der Waals surface area contributed by atoms with Gasteiger partial charge in [-0.2, -0.15) is 0 Å². The van der Waals surface area contributed by atoms with Crippen LogP contribution < -0.4 is 0 Å². The van der Waals surface area contributed by atoms with Crippen LogP contribution in [0.15, 0.2) is 35.6 Å². The highest BCUT2D eigenvalue weighted by atomic mass is 32.1. The van der Waals surface area contributed by atoms with E-state index in [-0.39, 0.29) is 18.2 Å². The van der Waals surface area contributed by atoms with Crippen LogP contribution in [0, 0.1) is 19.7 Å². The smallest absolute Gasteiger partial charge is 0.290 e. The molecule has 0 saturated carbocycles. The van der Waals surface area contributed by atoms with Gasteiger partial charge in [-0.3, -0.25) is 9.59 Å². The first-order chi connectivity index (χ1) is 14.2. The molecule has 1 aromatic heterocycles. The van der Waals surface area contributed by atoms with Gasteiger partial charge in [0.05, 0.1) is 33.3 Å². The third-order valence-electron chi connectivity index (χ3n) is 4.84. The van der Waals surface area contributed by atoms with Crippen molar-refractivity contribution in [1.29, 1.82) is 0 Å². The molecule has 0 saturated heterocycles. The summed E-state index contributed by atoms with van der Waals surface area (Å²) in [4.78, 5) is 32.3. The number of carbonyl (C=O) groups excluding carboxylic acids is 2. The zero-order valence-electron chi connectivity index (χ0n) is 17.4. The molecule has 160 valence electrons. The maximum Gasteiger partial charge on any atom is 0.290 e. The van der Waals surface area contributed by atoms with Crippen molar-refractivity contribution in [3.8, 4) is 0 Å². The number of nitrogens with zero attached hydrogens (tertiary/aromatic N) is 2. The fraction of sp³-hybridized carbons (Fsp3) is 0.409. The molecule has 0 bridgehead atoms. The van der Waals surface area contributed by atoms with Crippen LogP contribution in [-0.4, -0.2) is 45.9 Å². The normalized spacial score (nSPS) is 16.8. The monoisotopic (exact) mass is 432 g/mol. The van der Waals surface area contributed by atoms with E-state index in [0.717, 1.165) is 5.01 Å². The fourth-order valence-electron chi connectivity index (χ4n) is 3.53. The topological polar surface area (TPSA) is 79.7 Å². The summed E-state index contributed by atoms with van der Waals surface area (Å²) in [5.41, 5.74) is 1.11. The molecule has 2 heterocycles.